The zero-order chi connectivity index (χ0) is 23.0. The van der Waals surface area contributed by atoms with Gasteiger partial charge in [0.2, 0.25) is 15.9 Å². The van der Waals surface area contributed by atoms with Crippen molar-refractivity contribution in [3.8, 4) is 5.75 Å². The lowest BCUT2D eigenvalue weighted by molar-refractivity contribution is -0.121. The number of sulfonamides is 1. The van der Waals surface area contributed by atoms with Gasteiger partial charge < -0.3 is 15.0 Å². The van der Waals surface area contributed by atoms with Gasteiger partial charge in [-0.2, -0.15) is 4.31 Å². The summed E-state index contributed by atoms with van der Waals surface area (Å²) in [5, 5.41) is 3.02. The number of nitrogens with zero attached hydrogens (tertiary/aromatic N) is 2. The Morgan fingerprint density at radius 1 is 1.16 bits per heavy atom. The number of rotatable bonds is 11. The molecule has 1 N–H and O–H groups in total. The number of nitrogens with one attached hydrogen (secondary N) is 1. The van der Waals surface area contributed by atoms with Crippen molar-refractivity contribution in [1.82, 2.24) is 14.5 Å². The van der Waals surface area contributed by atoms with E-state index in [1.165, 1.54) is 36.5 Å². The molecule has 2 fully saturated rings. The molecule has 2 heterocycles. The van der Waals surface area contributed by atoms with Crippen LogP contribution in [0.3, 0.4) is 0 Å². The number of benzene rings is 1. The maximum Gasteiger partial charge on any atom is 0.243 e. The standard InChI is InChI=1S/C24H39N3O4S/c1-3-21-9-4-5-15-26(21)16-8-14-25-24(28)13-10-20-19-22(11-12-23(20)31-2)32(29,30)27-17-6-7-18-27/h11-12,19,21H,3-10,13-18H2,1-2H3,(H,25,28)/t21-/m1/s1. The lowest BCUT2D eigenvalue weighted by Gasteiger charge is -2.35. The van der Waals surface area contributed by atoms with Gasteiger partial charge in [-0.15, -0.1) is 0 Å². The minimum absolute atomic E-state index is 0.00876. The van der Waals surface area contributed by atoms with Crippen LogP contribution in [0.25, 0.3) is 0 Å². The van der Waals surface area contributed by atoms with E-state index < -0.39 is 10.0 Å². The highest BCUT2D eigenvalue weighted by atomic mass is 32.2. The molecular formula is C24H39N3O4S. The molecule has 1 amide bonds. The average Bonchev–Trinajstić information content (AvgIpc) is 3.36. The van der Waals surface area contributed by atoms with E-state index in [0.717, 1.165) is 31.4 Å². The highest BCUT2D eigenvalue weighted by Gasteiger charge is 2.28. The van der Waals surface area contributed by atoms with E-state index >= 15 is 0 Å². The van der Waals surface area contributed by atoms with Crippen molar-refractivity contribution in [2.75, 3.05) is 39.8 Å². The summed E-state index contributed by atoms with van der Waals surface area (Å²) in [5.41, 5.74) is 0.752. The van der Waals surface area contributed by atoms with E-state index in [9.17, 15) is 13.2 Å². The summed E-state index contributed by atoms with van der Waals surface area (Å²) in [6.07, 6.45) is 8.60. The minimum Gasteiger partial charge on any atom is -0.496 e. The summed E-state index contributed by atoms with van der Waals surface area (Å²) in [7, 11) is -1.92. The molecular weight excluding hydrogens is 426 g/mol. The fourth-order valence-electron chi connectivity index (χ4n) is 4.85. The normalized spacial score (nSPS) is 20.4. The molecule has 0 unspecified atom stereocenters. The Bertz CT molecular complexity index is 853. The van der Waals surface area contributed by atoms with E-state index in [0.29, 0.717) is 44.3 Å². The van der Waals surface area contributed by atoms with Crippen LogP contribution in [-0.2, 0) is 21.2 Å². The Morgan fingerprint density at radius 3 is 2.62 bits per heavy atom. The molecule has 1 aromatic carbocycles. The lowest BCUT2D eigenvalue weighted by Crippen LogP contribution is -2.40. The zero-order valence-electron chi connectivity index (χ0n) is 19.6. The van der Waals surface area contributed by atoms with Gasteiger partial charge in [0.1, 0.15) is 5.75 Å². The predicted octanol–water partition coefficient (Wildman–Crippen LogP) is 3.18. The Hall–Kier alpha value is -1.64. The minimum atomic E-state index is -3.49. The topological polar surface area (TPSA) is 79.0 Å². The van der Waals surface area contributed by atoms with Gasteiger partial charge >= 0.3 is 0 Å². The molecule has 180 valence electrons. The number of methoxy groups -OCH3 is 1. The van der Waals surface area contributed by atoms with Gasteiger partial charge in [0, 0.05) is 38.6 Å². The summed E-state index contributed by atoms with van der Waals surface area (Å²) < 4.78 is 32.7. The molecule has 1 aromatic rings. The van der Waals surface area contributed by atoms with Gasteiger partial charge in [-0.05, 0) is 75.3 Å². The Balaban J connectivity index is 1.49. The molecule has 3 rings (SSSR count). The van der Waals surface area contributed by atoms with Crippen LogP contribution in [0.4, 0.5) is 0 Å². The predicted molar refractivity (Wildman–Crippen MR) is 126 cm³/mol. The fraction of sp³-hybridized carbons (Fsp3) is 0.708. The summed E-state index contributed by atoms with van der Waals surface area (Å²) in [6.45, 7) is 6.27. The molecule has 1 atom stereocenters. The first-order valence-corrected chi connectivity index (χ1v) is 13.6. The molecule has 0 bridgehead atoms. The van der Waals surface area contributed by atoms with Crippen molar-refractivity contribution in [3.63, 3.8) is 0 Å². The van der Waals surface area contributed by atoms with E-state index in [1.54, 1.807) is 25.3 Å². The Labute approximate surface area is 193 Å². The molecule has 0 aliphatic carbocycles. The second-order valence-corrected chi connectivity index (χ2v) is 10.8. The monoisotopic (exact) mass is 465 g/mol. The number of aryl methyl sites for hydroxylation is 1. The van der Waals surface area contributed by atoms with Crippen molar-refractivity contribution in [2.45, 2.75) is 75.6 Å². The first-order chi connectivity index (χ1) is 15.5. The highest BCUT2D eigenvalue weighted by molar-refractivity contribution is 7.89. The van der Waals surface area contributed by atoms with Crippen molar-refractivity contribution >= 4 is 15.9 Å². The van der Waals surface area contributed by atoms with Crippen LogP contribution in [0.2, 0.25) is 0 Å². The number of ether oxygens (including phenoxy) is 1. The number of piperidine rings is 1. The molecule has 7 nitrogen and oxygen atoms in total. The lowest BCUT2D eigenvalue weighted by atomic mass is 10.00. The summed E-state index contributed by atoms with van der Waals surface area (Å²) in [6, 6.07) is 5.65. The molecule has 0 aromatic heterocycles. The molecule has 0 radical (unpaired) electrons. The van der Waals surface area contributed by atoms with Crippen molar-refractivity contribution in [1.29, 1.82) is 0 Å². The van der Waals surface area contributed by atoms with Crippen LogP contribution in [0.5, 0.6) is 5.75 Å². The van der Waals surface area contributed by atoms with Crippen molar-refractivity contribution in [3.05, 3.63) is 23.8 Å². The maximum atomic E-state index is 12.9. The summed E-state index contributed by atoms with van der Waals surface area (Å²) >= 11 is 0. The van der Waals surface area contributed by atoms with Crippen LogP contribution < -0.4 is 10.1 Å². The third-order valence-electron chi connectivity index (χ3n) is 6.74. The zero-order valence-corrected chi connectivity index (χ0v) is 20.5. The van der Waals surface area contributed by atoms with Crippen LogP contribution in [0.15, 0.2) is 23.1 Å². The van der Waals surface area contributed by atoms with Gasteiger partial charge in [0.25, 0.3) is 0 Å². The number of carbonyl (C=O) groups excluding carboxylic acids is 1. The van der Waals surface area contributed by atoms with E-state index in [2.05, 4.69) is 17.1 Å². The molecule has 32 heavy (non-hydrogen) atoms. The van der Waals surface area contributed by atoms with E-state index in [1.807, 2.05) is 0 Å². The van der Waals surface area contributed by atoms with Gasteiger partial charge in [-0.3, -0.25) is 4.79 Å². The average molecular weight is 466 g/mol. The van der Waals surface area contributed by atoms with Crippen LogP contribution in [-0.4, -0.2) is 69.4 Å². The van der Waals surface area contributed by atoms with Gasteiger partial charge in [0.15, 0.2) is 0 Å². The third kappa shape index (κ3) is 6.45. The molecule has 0 saturated carbocycles. The maximum absolute atomic E-state index is 12.9. The Kier molecular flexibility index (Phi) is 9.37. The van der Waals surface area contributed by atoms with Gasteiger partial charge in [-0.1, -0.05) is 13.3 Å². The van der Waals surface area contributed by atoms with E-state index in [-0.39, 0.29) is 10.8 Å². The van der Waals surface area contributed by atoms with Crippen LogP contribution in [0.1, 0.15) is 63.9 Å². The van der Waals surface area contributed by atoms with Crippen LogP contribution in [0, 0.1) is 0 Å². The number of amides is 1. The molecule has 2 aliphatic heterocycles. The second-order valence-electron chi connectivity index (χ2n) is 8.88. The largest absolute Gasteiger partial charge is 0.496 e. The number of hydrogen-bond acceptors (Lipinski definition) is 5. The molecule has 0 spiro atoms. The van der Waals surface area contributed by atoms with Gasteiger partial charge in [-0.25, -0.2) is 8.42 Å². The Morgan fingerprint density at radius 2 is 1.91 bits per heavy atom. The first kappa shape index (κ1) is 25.0. The summed E-state index contributed by atoms with van der Waals surface area (Å²) in [5.74, 6) is 0.611. The third-order valence-corrected chi connectivity index (χ3v) is 8.64. The second kappa shape index (κ2) is 12.0. The molecule has 8 heteroatoms. The first-order valence-electron chi connectivity index (χ1n) is 12.1. The fourth-order valence-corrected chi connectivity index (χ4v) is 6.42. The quantitative estimate of drug-likeness (QED) is 0.508. The summed E-state index contributed by atoms with van der Waals surface area (Å²) in [4.78, 5) is 15.2. The van der Waals surface area contributed by atoms with Gasteiger partial charge in [0.05, 0.1) is 12.0 Å². The molecule has 2 aliphatic rings. The number of hydrogen-bond donors (Lipinski definition) is 1. The number of likely N-dealkylation sites (tertiary alicyclic amines) is 1. The number of carbonyl (C=O) groups is 1. The smallest absolute Gasteiger partial charge is 0.243 e. The van der Waals surface area contributed by atoms with Crippen LogP contribution >= 0.6 is 0 Å². The molecule has 2 saturated heterocycles. The van der Waals surface area contributed by atoms with E-state index in [4.69, 9.17) is 4.74 Å². The SMILES string of the molecule is CC[C@@H]1CCCCN1CCCNC(=O)CCc1cc(S(=O)(=O)N2CCCC2)ccc1OC. The van der Waals surface area contributed by atoms with Crippen molar-refractivity contribution < 1.29 is 17.9 Å². The van der Waals surface area contributed by atoms with Crippen molar-refractivity contribution in [2.24, 2.45) is 0 Å². The highest BCUT2D eigenvalue weighted by Crippen LogP contribution is 2.27.